The Kier molecular flexibility index (Phi) is 29.3. The summed E-state index contributed by atoms with van der Waals surface area (Å²) in [5, 5.41) is 75.3. The predicted molar refractivity (Wildman–Crippen MR) is 201 cm³/mol. The SMILES string of the molecule is CCCCC/C=C\CCCCCCC(O)C(=O)NC(COC1OC(CO)C(O)C(O)C1O)C(O)C(O)CCCCCCCCCCCCCCC. The summed E-state index contributed by atoms with van der Waals surface area (Å²) < 4.78 is 11.0. The Morgan fingerprint density at radius 2 is 1.14 bits per heavy atom. The molecule has 0 radical (unpaired) electrons. The van der Waals surface area contributed by atoms with Crippen LogP contribution in [0, 0.1) is 0 Å². The summed E-state index contributed by atoms with van der Waals surface area (Å²) in [4.78, 5) is 13.0. The van der Waals surface area contributed by atoms with Gasteiger partial charge in [-0.2, -0.15) is 0 Å². The molecule has 1 rings (SSSR count). The Balaban J connectivity index is 2.55. The average molecular weight is 732 g/mol. The maximum atomic E-state index is 13.0. The smallest absolute Gasteiger partial charge is 0.249 e. The van der Waals surface area contributed by atoms with Gasteiger partial charge in [-0.3, -0.25) is 4.79 Å². The molecule has 9 atom stereocenters. The van der Waals surface area contributed by atoms with Gasteiger partial charge in [-0.25, -0.2) is 0 Å². The largest absolute Gasteiger partial charge is 0.394 e. The van der Waals surface area contributed by atoms with E-state index in [2.05, 4.69) is 31.3 Å². The number of aliphatic hydroxyl groups is 7. The van der Waals surface area contributed by atoms with E-state index >= 15 is 0 Å². The number of rotatable bonds is 33. The van der Waals surface area contributed by atoms with Gasteiger partial charge in [0.2, 0.25) is 5.91 Å². The van der Waals surface area contributed by atoms with Gasteiger partial charge in [-0.1, -0.05) is 142 Å². The summed E-state index contributed by atoms with van der Waals surface area (Å²) in [6.45, 7) is 3.37. The number of unbranched alkanes of at least 4 members (excludes halogenated alkanes) is 19. The molecule has 1 saturated heterocycles. The highest BCUT2D eigenvalue weighted by molar-refractivity contribution is 5.80. The van der Waals surface area contributed by atoms with Crippen LogP contribution in [0.2, 0.25) is 0 Å². The van der Waals surface area contributed by atoms with Gasteiger partial charge in [0.05, 0.1) is 25.4 Å². The van der Waals surface area contributed by atoms with Gasteiger partial charge < -0.3 is 50.5 Å². The normalized spacial score (nSPS) is 23.4. The maximum Gasteiger partial charge on any atom is 0.249 e. The van der Waals surface area contributed by atoms with Gasteiger partial charge in [0.15, 0.2) is 6.29 Å². The lowest BCUT2D eigenvalue weighted by atomic mass is 9.98. The van der Waals surface area contributed by atoms with Crippen molar-refractivity contribution in [2.45, 2.75) is 223 Å². The number of hydrogen-bond acceptors (Lipinski definition) is 10. The third kappa shape index (κ3) is 22.0. The van der Waals surface area contributed by atoms with Gasteiger partial charge in [0, 0.05) is 0 Å². The molecule has 1 amide bonds. The number of nitrogens with one attached hydrogen (secondary N) is 1. The summed E-state index contributed by atoms with van der Waals surface area (Å²) in [5.41, 5.74) is 0. The summed E-state index contributed by atoms with van der Waals surface area (Å²) in [6, 6.07) is -1.17. The first kappa shape index (κ1) is 47.9. The predicted octanol–water partition coefficient (Wildman–Crippen LogP) is 5.33. The van der Waals surface area contributed by atoms with Gasteiger partial charge in [-0.05, 0) is 38.5 Å². The molecule has 0 spiro atoms. The molecule has 302 valence electrons. The highest BCUT2D eigenvalue weighted by Crippen LogP contribution is 2.23. The summed E-state index contributed by atoms with van der Waals surface area (Å²) in [6.07, 6.45) is 18.4. The van der Waals surface area contributed by atoms with Crippen molar-refractivity contribution in [3.63, 3.8) is 0 Å². The van der Waals surface area contributed by atoms with Crippen LogP contribution in [0.5, 0.6) is 0 Å². The topological polar surface area (TPSA) is 189 Å². The van der Waals surface area contributed by atoms with Crippen LogP contribution >= 0.6 is 0 Å². The second-order valence-electron chi connectivity index (χ2n) is 14.7. The number of allylic oxidation sites excluding steroid dienone is 2. The zero-order chi connectivity index (χ0) is 37.7. The number of carbonyl (C=O) groups excluding carboxylic acids is 1. The van der Waals surface area contributed by atoms with Gasteiger partial charge in [0.25, 0.3) is 0 Å². The van der Waals surface area contributed by atoms with Crippen LogP contribution < -0.4 is 5.32 Å². The Morgan fingerprint density at radius 3 is 1.69 bits per heavy atom. The third-order valence-corrected chi connectivity index (χ3v) is 10.1. The summed E-state index contributed by atoms with van der Waals surface area (Å²) >= 11 is 0. The molecule has 1 heterocycles. The molecule has 0 bridgehead atoms. The number of carbonyl (C=O) groups is 1. The Morgan fingerprint density at radius 1 is 0.667 bits per heavy atom. The highest BCUT2D eigenvalue weighted by Gasteiger charge is 2.44. The fraction of sp³-hybridized carbons (Fsp3) is 0.925. The number of ether oxygens (including phenoxy) is 2. The van der Waals surface area contributed by atoms with Gasteiger partial charge in [-0.15, -0.1) is 0 Å². The van der Waals surface area contributed by atoms with Crippen molar-refractivity contribution >= 4 is 5.91 Å². The first-order valence-electron chi connectivity index (χ1n) is 20.6. The van der Waals surface area contributed by atoms with Crippen molar-refractivity contribution in [2.75, 3.05) is 13.2 Å². The van der Waals surface area contributed by atoms with E-state index in [1.807, 2.05) is 0 Å². The van der Waals surface area contributed by atoms with Crippen LogP contribution in [-0.4, -0.2) is 110 Å². The zero-order valence-electron chi connectivity index (χ0n) is 32.1. The van der Waals surface area contributed by atoms with Crippen LogP contribution in [-0.2, 0) is 14.3 Å². The molecule has 0 aromatic heterocycles. The fourth-order valence-electron chi connectivity index (χ4n) is 6.55. The fourth-order valence-corrected chi connectivity index (χ4v) is 6.55. The summed E-state index contributed by atoms with van der Waals surface area (Å²) in [5.74, 6) is -0.709. The average Bonchev–Trinajstić information content (AvgIpc) is 3.13. The molecule has 0 saturated carbocycles. The van der Waals surface area contributed by atoms with Crippen LogP contribution in [0.4, 0.5) is 0 Å². The molecule has 8 N–H and O–H groups in total. The maximum absolute atomic E-state index is 13.0. The van der Waals surface area contributed by atoms with Crippen molar-refractivity contribution in [3.8, 4) is 0 Å². The first-order chi connectivity index (χ1) is 24.7. The molecule has 1 fully saturated rings. The third-order valence-electron chi connectivity index (χ3n) is 10.1. The van der Waals surface area contributed by atoms with Crippen LogP contribution in [0.15, 0.2) is 12.2 Å². The minimum absolute atomic E-state index is 0.247. The number of hydrogen-bond donors (Lipinski definition) is 8. The second-order valence-corrected chi connectivity index (χ2v) is 14.7. The lowest BCUT2D eigenvalue weighted by Crippen LogP contribution is -2.60. The molecule has 0 aromatic rings. The molecule has 1 aliphatic heterocycles. The molecule has 51 heavy (non-hydrogen) atoms. The minimum Gasteiger partial charge on any atom is -0.394 e. The Bertz CT molecular complexity index is 846. The molecular weight excluding hydrogens is 654 g/mol. The molecule has 9 unspecified atom stereocenters. The molecule has 1 aliphatic rings. The van der Waals surface area contributed by atoms with Crippen molar-refractivity contribution in [3.05, 3.63) is 12.2 Å². The van der Waals surface area contributed by atoms with Crippen LogP contribution in [0.25, 0.3) is 0 Å². The molecular formula is C40H77NO10. The zero-order valence-corrected chi connectivity index (χ0v) is 32.1. The molecule has 11 nitrogen and oxygen atoms in total. The first-order valence-corrected chi connectivity index (χ1v) is 20.6. The molecule has 0 aliphatic carbocycles. The van der Waals surface area contributed by atoms with E-state index in [4.69, 9.17) is 9.47 Å². The van der Waals surface area contributed by atoms with E-state index in [9.17, 15) is 40.5 Å². The lowest BCUT2D eigenvalue weighted by molar-refractivity contribution is -0.303. The minimum atomic E-state index is -1.66. The van der Waals surface area contributed by atoms with E-state index in [0.717, 1.165) is 51.4 Å². The van der Waals surface area contributed by atoms with Crippen molar-refractivity contribution in [1.82, 2.24) is 5.32 Å². The summed E-state index contributed by atoms with van der Waals surface area (Å²) in [7, 11) is 0. The van der Waals surface area contributed by atoms with E-state index in [1.54, 1.807) is 0 Å². The van der Waals surface area contributed by atoms with Crippen LogP contribution in [0.3, 0.4) is 0 Å². The highest BCUT2D eigenvalue weighted by atomic mass is 16.7. The quantitative estimate of drug-likeness (QED) is 0.0324. The van der Waals surface area contributed by atoms with Crippen molar-refractivity contribution < 1.29 is 50.0 Å². The van der Waals surface area contributed by atoms with Crippen molar-refractivity contribution in [2.24, 2.45) is 0 Å². The lowest BCUT2D eigenvalue weighted by Gasteiger charge is -2.40. The number of amides is 1. The molecule has 0 aromatic carbocycles. The standard InChI is InChI=1S/C40H77NO10/c1-3-5-7-9-11-13-15-16-18-19-21-23-25-27-32(43)35(45)31(30-50-40-38(48)37(47)36(46)34(29-42)51-40)41-39(49)33(44)28-26-24-22-20-17-14-12-10-8-6-4-2/h12,14,31-38,40,42-48H,3-11,13,15-30H2,1-2H3,(H,41,49)/b14-12-. The monoisotopic (exact) mass is 732 g/mol. The Hall–Kier alpha value is -1.15. The van der Waals surface area contributed by atoms with E-state index in [0.29, 0.717) is 19.3 Å². The van der Waals surface area contributed by atoms with E-state index in [-0.39, 0.29) is 6.42 Å². The van der Waals surface area contributed by atoms with Crippen molar-refractivity contribution in [1.29, 1.82) is 0 Å². The van der Waals surface area contributed by atoms with Crippen LogP contribution in [0.1, 0.15) is 168 Å². The van der Waals surface area contributed by atoms with E-state index in [1.165, 1.54) is 77.0 Å². The second kappa shape index (κ2) is 31.2. The Labute approximate surface area is 309 Å². The molecule has 11 heteroatoms. The van der Waals surface area contributed by atoms with Gasteiger partial charge >= 0.3 is 0 Å². The number of aliphatic hydroxyl groups excluding tert-OH is 7. The van der Waals surface area contributed by atoms with Gasteiger partial charge in [0.1, 0.15) is 36.6 Å². The van der Waals surface area contributed by atoms with E-state index < -0.39 is 74.2 Å².